The Morgan fingerprint density at radius 2 is 0.833 bits per heavy atom. The molecule has 1 saturated carbocycles. The Labute approximate surface area is 109 Å². The molecule has 0 spiro atoms. The van der Waals surface area contributed by atoms with Gasteiger partial charge in [-0.05, 0) is 25.0 Å². The van der Waals surface area contributed by atoms with Gasteiger partial charge >= 0.3 is 0 Å². The van der Waals surface area contributed by atoms with E-state index in [9.17, 15) is 19.8 Å². The quantitative estimate of drug-likeness (QED) is 0.687. The van der Waals surface area contributed by atoms with Crippen molar-refractivity contribution in [2.24, 2.45) is 0 Å². The van der Waals surface area contributed by atoms with Crippen LogP contribution >= 0.6 is 0 Å². The molecule has 0 aromatic carbocycles. The first kappa shape index (κ1) is 18.8. The lowest BCUT2D eigenvalue weighted by Crippen LogP contribution is -2.22. The van der Waals surface area contributed by atoms with E-state index in [1.807, 2.05) is 0 Å². The zero-order valence-corrected chi connectivity index (χ0v) is 11.3. The summed E-state index contributed by atoms with van der Waals surface area (Å²) in [6.07, 6.45) is 9.00. The van der Waals surface area contributed by atoms with Gasteiger partial charge < -0.3 is 19.8 Å². The zero-order valence-electron chi connectivity index (χ0n) is 11.3. The topological polar surface area (TPSA) is 80.3 Å². The Kier molecular flexibility index (Phi) is 12.4. The lowest BCUT2D eigenvalue weighted by atomic mass is 10.0. The molecule has 0 aliphatic heterocycles. The predicted octanol–water partition coefficient (Wildman–Crippen LogP) is 0.965. The van der Waals surface area contributed by atoms with Gasteiger partial charge in [-0.3, -0.25) is 0 Å². The number of aliphatic carboxylic acids is 2. The van der Waals surface area contributed by atoms with E-state index in [1.54, 1.807) is 0 Å². The molecule has 1 rings (SSSR count). The van der Waals surface area contributed by atoms with E-state index < -0.39 is 11.9 Å². The number of carboxylic acid groups (broad SMARTS) is 2. The van der Waals surface area contributed by atoms with Gasteiger partial charge in [0.25, 0.3) is 0 Å². The summed E-state index contributed by atoms with van der Waals surface area (Å²) in [5, 5.41) is 19.0. The molecule has 0 amide bonds. The molecule has 1 fully saturated rings. The average molecular weight is 254 g/mol. The summed E-state index contributed by atoms with van der Waals surface area (Å²) in [6.45, 7) is 8.95. The minimum atomic E-state index is -1.19. The Balaban J connectivity index is 0. The van der Waals surface area contributed by atoms with Crippen LogP contribution in [0.25, 0.3) is 0 Å². The molecule has 0 saturated heterocycles. The summed E-state index contributed by atoms with van der Waals surface area (Å²) in [5.41, 5.74) is 0.130. The molecule has 0 heterocycles. The third-order valence-corrected chi connectivity index (χ3v) is 2.20. The maximum absolute atomic E-state index is 9.49. The largest absolute Gasteiger partial charge is 0.545 e. The zero-order chi connectivity index (χ0) is 14.6. The monoisotopic (exact) mass is 254 g/mol. The lowest BCUT2D eigenvalue weighted by Gasteiger charge is -2.05. The molecule has 4 nitrogen and oxygen atoms in total. The fraction of sp³-hybridized carbons (Fsp3) is 0.571. The fourth-order valence-corrected chi connectivity index (χ4v) is 1.06. The summed E-state index contributed by atoms with van der Waals surface area (Å²) < 4.78 is 0. The van der Waals surface area contributed by atoms with Crippen molar-refractivity contribution in [3.05, 3.63) is 24.3 Å². The highest BCUT2D eigenvalue weighted by molar-refractivity contribution is 5.83. The van der Waals surface area contributed by atoms with Crippen LogP contribution in [0.1, 0.15) is 52.4 Å². The number of carbonyl (C=O) groups excluding carboxylic acids is 2. The van der Waals surface area contributed by atoms with Crippen LogP contribution in [0.5, 0.6) is 0 Å². The smallest absolute Gasteiger partial charge is 0.0666 e. The maximum Gasteiger partial charge on any atom is 0.0666 e. The first-order chi connectivity index (χ1) is 8.29. The molecule has 1 aliphatic carbocycles. The fourth-order valence-electron chi connectivity index (χ4n) is 1.06. The first-order valence-corrected chi connectivity index (χ1v) is 6.02. The highest BCUT2D eigenvalue weighted by Gasteiger charge is 1.95. The molecule has 0 aromatic heterocycles. The molecule has 18 heavy (non-hydrogen) atoms. The van der Waals surface area contributed by atoms with Crippen LogP contribution in [0.4, 0.5) is 0 Å². The van der Waals surface area contributed by atoms with Gasteiger partial charge in [0.15, 0.2) is 0 Å². The molecule has 0 atom stereocenters. The van der Waals surface area contributed by atoms with Crippen LogP contribution in [0.2, 0.25) is 0 Å². The second-order valence-electron chi connectivity index (χ2n) is 4.26. The van der Waals surface area contributed by atoms with Crippen molar-refractivity contribution in [2.75, 3.05) is 0 Å². The molecular weight excluding hydrogens is 232 g/mol. The van der Waals surface area contributed by atoms with Crippen molar-refractivity contribution in [1.29, 1.82) is 0 Å². The highest BCUT2D eigenvalue weighted by Crippen LogP contribution is 2.15. The molecule has 0 bridgehead atoms. The summed E-state index contributed by atoms with van der Waals surface area (Å²) in [6, 6.07) is 0. The Morgan fingerprint density at radius 3 is 0.889 bits per heavy atom. The standard InChI is InChI=1S/C6H12.2C4H6O2/c1-2-4-6-5-3-1;2*1-3(2)4(5)6/h1-6H2;2*1H2,2H3,(H,5,6)/p-2. The highest BCUT2D eigenvalue weighted by atomic mass is 16.4. The van der Waals surface area contributed by atoms with Gasteiger partial charge in [0.05, 0.1) is 11.9 Å². The van der Waals surface area contributed by atoms with E-state index in [2.05, 4.69) is 13.2 Å². The van der Waals surface area contributed by atoms with Crippen LogP contribution in [0.3, 0.4) is 0 Å². The summed E-state index contributed by atoms with van der Waals surface area (Å²) in [5.74, 6) is -2.37. The van der Waals surface area contributed by atoms with Crippen molar-refractivity contribution >= 4 is 11.9 Å². The second kappa shape index (κ2) is 11.9. The van der Waals surface area contributed by atoms with Gasteiger partial charge in [-0.15, -0.1) is 0 Å². The molecule has 0 radical (unpaired) electrons. The van der Waals surface area contributed by atoms with Gasteiger partial charge in [0, 0.05) is 0 Å². The molecule has 4 heteroatoms. The summed E-state index contributed by atoms with van der Waals surface area (Å²) in [4.78, 5) is 19.0. The molecule has 1 aliphatic rings. The van der Waals surface area contributed by atoms with Gasteiger partial charge in [-0.2, -0.15) is 0 Å². The van der Waals surface area contributed by atoms with E-state index in [0.717, 1.165) is 0 Å². The van der Waals surface area contributed by atoms with E-state index >= 15 is 0 Å². The average Bonchev–Trinajstić information content (AvgIpc) is 2.32. The first-order valence-electron chi connectivity index (χ1n) is 6.02. The minimum Gasteiger partial charge on any atom is -0.545 e. The lowest BCUT2D eigenvalue weighted by molar-refractivity contribution is -0.300. The van der Waals surface area contributed by atoms with Gasteiger partial charge in [0.2, 0.25) is 0 Å². The van der Waals surface area contributed by atoms with Crippen molar-refractivity contribution in [2.45, 2.75) is 52.4 Å². The molecule has 0 unspecified atom stereocenters. The normalized spacial score (nSPS) is 13.0. The molecule has 104 valence electrons. The van der Waals surface area contributed by atoms with E-state index in [4.69, 9.17) is 0 Å². The summed E-state index contributed by atoms with van der Waals surface area (Å²) >= 11 is 0. The Hall–Kier alpha value is -1.58. The number of carbonyl (C=O) groups is 2. The Morgan fingerprint density at radius 1 is 0.722 bits per heavy atom. The third-order valence-electron chi connectivity index (χ3n) is 2.20. The van der Waals surface area contributed by atoms with Gasteiger partial charge in [-0.1, -0.05) is 51.7 Å². The van der Waals surface area contributed by atoms with E-state index in [-0.39, 0.29) is 11.1 Å². The number of hydrogen-bond donors (Lipinski definition) is 0. The van der Waals surface area contributed by atoms with Crippen LogP contribution in [0, 0.1) is 0 Å². The van der Waals surface area contributed by atoms with Crippen molar-refractivity contribution in [1.82, 2.24) is 0 Å². The van der Waals surface area contributed by atoms with Crippen LogP contribution in [-0.4, -0.2) is 11.9 Å². The second-order valence-corrected chi connectivity index (χ2v) is 4.26. The molecule has 0 aromatic rings. The number of carboxylic acids is 2. The summed E-state index contributed by atoms with van der Waals surface area (Å²) in [7, 11) is 0. The SMILES string of the molecule is C1CCCCC1.C=C(C)C(=O)[O-].C=C(C)C(=O)[O-]. The van der Waals surface area contributed by atoms with Crippen molar-refractivity contribution < 1.29 is 19.8 Å². The third kappa shape index (κ3) is 16.8. The Bertz CT molecular complexity index is 229. The van der Waals surface area contributed by atoms with Gasteiger partial charge in [0.1, 0.15) is 0 Å². The van der Waals surface area contributed by atoms with Crippen molar-refractivity contribution in [3.8, 4) is 0 Å². The van der Waals surface area contributed by atoms with E-state index in [1.165, 1.54) is 52.4 Å². The molecular formula is C14H22O4-2. The number of hydrogen-bond acceptors (Lipinski definition) is 4. The van der Waals surface area contributed by atoms with Crippen molar-refractivity contribution in [3.63, 3.8) is 0 Å². The van der Waals surface area contributed by atoms with E-state index in [0.29, 0.717) is 0 Å². The predicted molar refractivity (Wildman–Crippen MR) is 67.3 cm³/mol. The minimum absolute atomic E-state index is 0.0648. The van der Waals surface area contributed by atoms with Gasteiger partial charge in [-0.25, -0.2) is 0 Å². The van der Waals surface area contributed by atoms with Crippen LogP contribution in [-0.2, 0) is 9.59 Å². The number of rotatable bonds is 2. The maximum atomic E-state index is 9.49. The van der Waals surface area contributed by atoms with Crippen LogP contribution in [0.15, 0.2) is 24.3 Å². The molecule has 0 N–H and O–H groups in total. The van der Waals surface area contributed by atoms with Crippen LogP contribution < -0.4 is 10.2 Å².